The Morgan fingerprint density at radius 3 is 2.32 bits per heavy atom. The Bertz CT molecular complexity index is 1130. The van der Waals surface area contributed by atoms with E-state index >= 15 is 0 Å². The zero-order valence-electron chi connectivity index (χ0n) is 19.7. The molecule has 0 radical (unpaired) electrons. The molecule has 0 atom stereocenters. The maximum Gasteiger partial charge on any atom is 0.267 e. The number of nitrogens with one attached hydrogen (secondary N) is 2. The highest BCUT2D eigenvalue weighted by Crippen LogP contribution is 2.49. The highest BCUT2D eigenvalue weighted by molar-refractivity contribution is 7.89. The number of ether oxygens (including phenoxy) is 1. The third kappa shape index (κ3) is 7.65. The third-order valence-corrected chi connectivity index (χ3v) is 6.37. The lowest BCUT2D eigenvalue weighted by molar-refractivity contribution is 0.0977. The van der Waals surface area contributed by atoms with Crippen molar-refractivity contribution in [1.29, 1.82) is 0 Å². The summed E-state index contributed by atoms with van der Waals surface area (Å²) in [6.07, 6.45) is 7.18. The summed E-state index contributed by atoms with van der Waals surface area (Å²) in [5.41, 5.74) is 2.32. The van der Waals surface area contributed by atoms with Crippen LogP contribution in [-0.4, -0.2) is 38.7 Å². The van der Waals surface area contributed by atoms with Crippen molar-refractivity contribution in [2.75, 3.05) is 19.3 Å². The Kier molecular flexibility index (Phi) is 8.89. The molecule has 2 aromatic rings. The first-order valence-corrected chi connectivity index (χ1v) is 13.7. The lowest BCUT2D eigenvalue weighted by Gasteiger charge is -2.13. The molecule has 1 amide bonds. The van der Waals surface area contributed by atoms with Gasteiger partial charge in [0.1, 0.15) is 18.2 Å². The summed E-state index contributed by atoms with van der Waals surface area (Å²) >= 11 is 6.16. The van der Waals surface area contributed by atoms with Gasteiger partial charge < -0.3 is 10.1 Å². The summed E-state index contributed by atoms with van der Waals surface area (Å²) in [6.45, 7) is 6.39. The summed E-state index contributed by atoms with van der Waals surface area (Å²) < 4.78 is 44.2. The van der Waals surface area contributed by atoms with E-state index in [-0.39, 0.29) is 11.6 Å². The van der Waals surface area contributed by atoms with E-state index in [9.17, 15) is 17.6 Å². The molecule has 0 bridgehead atoms. The van der Waals surface area contributed by atoms with Crippen LogP contribution >= 0.6 is 11.6 Å². The number of benzene rings is 1. The van der Waals surface area contributed by atoms with Crippen molar-refractivity contribution >= 4 is 27.5 Å². The van der Waals surface area contributed by atoms with Gasteiger partial charge >= 0.3 is 0 Å². The van der Waals surface area contributed by atoms with Crippen molar-refractivity contribution in [3.63, 3.8) is 0 Å². The minimum absolute atomic E-state index is 0.00170. The molecule has 34 heavy (non-hydrogen) atoms. The van der Waals surface area contributed by atoms with E-state index < -0.39 is 27.3 Å². The first-order valence-electron chi connectivity index (χ1n) is 11.5. The highest BCUT2D eigenvalue weighted by Gasteiger charge is 2.34. The molecule has 2 fully saturated rings. The van der Waals surface area contributed by atoms with Gasteiger partial charge in [0.2, 0.25) is 10.0 Å². The summed E-state index contributed by atoms with van der Waals surface area (Å²) in [6, 6.07) is 4.18. The number of sulfonamides is 1. The van der Waals surface area contributed by atoms with Crippen LogP contribution in [0.1, 0.15) is 78.5 Å². The highest BCUT2D eigenvalue weighted by atomic mass is 35.5. The Labute approximate surface area is 205 Å². The molecule has 0 unspecified atom stereocenters. The zero-order chi connectivity index (χ0) is 24.9. The van der Waals surface area contributed by atoms with Gasteiger partial charge in [-0.15, -0.1) is 0 Å². The van der Waals surface area contributed by atoms with Crippen molar-refractivity contribution in [2.24, 2.45) is 0 Å². The number of nitrogens with zero attached hydrogens (tertiary/aromatic N) is 1. The van der Waals surface area contributed by atoms with E-state index in [2.05, 4.69) is 24.1 Å². The molecule has 0 aliphatic heterocycles. The van der Waals surface area contributed by atoms with Crippen LogP contribution in [0.3, 0.4) is 0 Å². The number of aromatic nitrogens is 1. The van der Waals surface area contributed by atoms with Gasteiger partial charge in [-0.25, -0.2) is 17.5 Å². The predicted octanol–water partition coefficient (Wildman–Crippen LogP) is 4.51. The largest absolute Gasteiger partial charge is 0.487 e. The van der Waals surface area contributed by atoms with E-state index in [4.69, 9.17) is 16.3 Å². The number of carbonyl (C=O) groups is 1. The number of amides is 1. The Balaban J connectivity index is 0.000000588. The van der Waals surface area contributed by atoms with Crippen LogP contribution in [0, 0.1) is 5.82 Å². The molecule has 1 aromatic heterocycles. The Morgan fingerprint density at radius 2 is 1.79 bits per heavy atom. The van der Waals surface area contributed by atoms with Crippen molar-refractivity contribution in [1.82, 2.24) is 15.0 Å². The first kappa shape index (κ1) is 26.4. The van der Waals surface area contributed by atoms with Gasteiger partial charge in [-0.05, 0) is 68.5 Å². The second-order valence-electron chi connectivity index (χ2n) is 8.57. The number of hydrogen-bond donors (Lipinski definition) is 2. The van der Waals surface area contributed by atoms with Gasteiger partial charge in [0.05, 0.1) is 18.0 Å². The topological polar surface area (TPSA) is 97.4 Å². The summed E-state index contributed by atoms with van der Waals surface area (Å²) in [4.78, 5) is 16.5. The van der Waals surface area contributed by atoms with Crippen LogP contribution < -0.4 is 14.8 Å². The molecule has 0 saturated heterocycles. The van der Waals surface area contributed by atoms with Crippen LogP contribution in [-0.2, 0) is 16.6 Å². The van der Waals surface area contributed by atoms with Gasteiger partial charge in [-0.1, -0.05) is 25.4 Å². The van der Waals surface area contributed by atoms with Crippen LogP contribution in [0.15, 0.2) is 24.4 Å². The summed E-state index contributed by atoms with van der Waals surface area (Å²) in [5.74, 6) is -0.251. The lowest BCUT2D eigenvalue weighted by Crippen LogP contribution is -2.30. The SMILES string of the molecule is CCNCC.CS(=O)(=O)NC(=O)c1cc(Cl)c(COc2cnc(C3CC3)c(C3CC3)c2)cc1F. The maximum absolute atomic E-state index is 14.3. The van der Waals surface area contributed by atoms with Gasteiger partial charge in [0.25, 0.3) is 5.91 Å². The fourth-order valence-electron chi connectivity index (χ4n) is 3.48. The van der Waals surface area contributed by atoms with E-state index in [1.807, 2.05) is 6.07 Å². The second-order valence-corrected chi connectivity index (χ2v) is 10.7. The monoisotopic (exact) mass is 511 g/mol. The Hall–Kier alpha value is -2.23. The van der Waals surface area contributed by atoms with Crippen LogP contribution in [0.5, 0.6) is 5.75 Å². The van der Waals surface area contributed by atoms with Gasteiger partial charge in [0, 0.05) is 22.2 Å². The normalized spacial score (nSPS) is 15.3. The van der Waals surface area contributed by atoms with Crippen LogP contribution in [0.2, 0.25) is 5.02 Å². The number of hydrogen-bond acceptors (Lipinski definition) is 6. The second kappa shape index (κ2) is 11.5. The number of rotatable bonds is 9. The fraction of sp³-hybridized carbons (Fsp3) is 0.500. The summed E-state index contributed by atoms with van der Waals surface area (Å²) in [5, 5.41) is 3.22. The molecule has 0 spiro atoms. The van der Waals surface area contributed by atoms with Crippen LogP contribution in [0.25, 0.3) is 0 Å². The fourth-order valence-corrected chi connectivity index (χ4v) is 4.14. The average Bonchev–Trinajstić information content (AvgIpc) is 3.67. The van der Waals surface area contributed by atoms with Crippen molar-refractivity contribution in [3.05, 3.63) is 57.6 Å². The third-order valence-electron chi connectivity index (χ3n) is 5.46. The van der Waals surface area contributed by atoms with E-state index in [1.165, 1.54) is 36.9 Å². The molecule has 1 heterocycles. The van der Waals surface area contributed by atoms with Gasteiger partial charge in [0.15, 0.2) is 0 Å². The molecule has 2 saturated carbocycles. The Morgan fingerprint density at radius 1 is 1.15 bits per heavy atom. The zero-order valence-corrected chi connectivity index (χ0v) is 21.2. The maximum atomic E-state index is 14.3. The van der Waals surface area contributed by atoms with Crippen molar-refractivity contribution in [3.8, 4) is 5.75 Å². The van der Waals surface area contributed by atoms with Crippen molar-refractivity contribution in [2.45, 2.75) is 58.0 Å². The van der Waals surface area contributed by atoms with Crippen LogP contribution in [0.4, 0.5) is 4.39 Å². The molecule has 1 aromatic carbocycles. The van der Waals surface area contributed by atoms with Gasteiger partial charge in [-0.2, -0.15) is 0 Å². The molecular formula is C24H31ClFN3O4S. The van der Waals surface area contributed by atoms with E-state index in [1.54, 1.807) is 10.9 Å². The molecular weight excluding hydrogens is 481 g/mol. The molecule has 2 aliphatic rings. The average molecular weight is 512 g/mol. The quantitative estimate of drug-likeness (QED) is 0.514. The number of halogens is 2. The minimum Gasteiger partial charge on any atom is -0.487 e. The summed E-state index contributed by atoms with van der Waals surface area (Å²) in [7, 11) is -3.81. The molecule has 10 heteroatoms. The first-order chi connectivity index (χ1) is 16.1. The molecule has 4 rings (SSSR count). The van der Waals surface area contributed by atoms with E-state index in [0.29, 0.717) is 23.1 Å². The molecule has 2 N–H and O–H groups in total. The van der Waals surface area contributed by atoms with Gasteiger partial charge in [-0.3, -0.25) is 9.78 Å². The smallest absolute Gasteiger partial charge is 0.267 e. The standard InChI is InChI=1S/C20H20ClFN2O4S.C4H11N/c1-29(26,27)24-20(25)16-8-17(21)13(6-18(16)22)10-28-14-7-15(11-2-3-11)19(23-9-14)12-4-5-12;1-3-5-4-2/h6-9,11-12H,2-5,10H2,1H3,(H,24,25);5H,3-4H2,1-2H3. The predicted molar refractivity (Wildman–Crippen MR) is 130 cm³/mol. The number of pyridine rings is 1. The number of carbonyl (C=O) groups excluding carboxylic acids is 1. The lowest BCUT2D eigenvalue weighted by atomic mass is 10.1. The minimum atomic E-state index is -3.81. The molecule has 2 aliphatic carbocycles. The molecule has 7 nitrogen and oxygen atoms in total. The molecule has 186 valence electrons. The van der Waals surface area contributed by atoms with Crippen molar-refractivity contribution < 1.29 is 22.3 Å². The van der Waals surface area contributed by atoms with E-state index in [0.717, 1.165) is 31.5 Å².